The highest BCUT2D eigenvalue weighted by Gasteiger charge is 2.46. The molecule has 2 saturated heterocycles. The van der Waals surface area contributed by atoms with E-state index in [9.17, 15) is 9.59 Å². The number of nitrogens with zero attached hydrogens (tertiary/aromatic N) is 2. The number of carbonyl (C=O) groups is 2. The van der Waals surface area contributed by atoms with Gasteiger partial charge in [-0.25, -0.2) is 0 Å². The van der Waals surface area contributed by atoms with E-state index in [1.807, 2.05) is 28.0 Å². The van der Waals surface area contributed by atoms with Gasteiger partial charge in [0.05, 0.1) is 0 Å². The molecule has 2 amide bonds. The van der Waals surface area contributed by atoms with Crippen molar-refractivity contribution >= 4 is 11.8 Å². The van der Waals surface area contributed by atoms with E-state index < -0.39 is 0 Å². The third-order valence-corrected chi connectivity index (χ3v) is 6.07. The van der Waals surface area contributed by atoms with Crippen molar-refractivity contribution in [2.24, 2.45) is 5.41 Å². The van der Waals surface area contributed by atoms with Crippen LogP contribution in [-0.2, 0) is 16.0 Å². The van der Waals surface area contributed by atoms with E-state index >= 15 is 0 Å². The van der Waals surface area contributed by atoms with E-state index in [1.54, 1.807) is 0 Å². The van der Waals surface area contributed by atoms with Gasteiger partial charge in [-0.2, -0.15) is 0 Å². The summed E-state index contributed by atoms with van der Waals surface area (Å²) in [5.74, 6) is 0.330. The molecule has 3 rings (SSSR count). The lowest BCUT2D eigenvalue weighted by Gasteiger charge is -2.38. The molecule has 0 aromatic heterocycles. The molecule has 0 aliphatic carbocycles. The van der Waals surface area contributed by atoms with Gasteiger partial charge in [0.2, 0.25) is 11.8 Å². The maximum atomic E-state index is 13.2. The Morgan fingerprint density at radius 1 is 1.04 bits per heavy atom. The fraction of sp³-hybridized carbons (Fsp3) is 0.652. The van der Waals surface area contributed by atoms with Crippen molar-refractivity contribution in [3.8, 4) is 0 Å². The van der Waals surface area contributed by atoms with Crippen molar-refractivity contribution in [3.63, 3.8) is 0 Å². The zero-order valence-electron chi connectivity index (χ0n) is 17.1. The number of hydrogen-bond acceptors (Lipinski definition) is 2. The fourth-order valence-corrected chi connectivity index (χ4v) is 4.62. The van der Waals surface area contributed by atoms with Crippen LogP contribution in [0.5, 0.6) is 0 Å². The molecule has 0 unspecified atom stereocenters. The molecule has 2 atom stereocenters. The summed E-state index contributed by atoms with van der Waals surface area (Å²) in [6, 6.07) is 10.2. The molecular weight excluding hydrogens is 336 g/mol. The van der Waals surface area contributed by atoms with Crippen molar-refractivity contribution in [1.82, 2.24) is 9.80 Å². The average Bonchev–Trinajstić information content (AvgIpc) is 3.31. The highest BCUT2D eigenvalue weighted by Crippen LogP contribution is 2.37. The van der Waals surface area contributed by atoms with E-state index in [4.69, 9.17) is 0 Å². The van der Waals surface area contributed by atoms with E-state index in [2.05, 4.69) is 32.9 Å². The molecule has 148 valence electrons. The summed E-state index contributed by atoms with van der Waals surface area (Å²) < 4.78 is 0. The van der Waals surface area contributed by atoms with Crippen molar-refractivity contribution < 1.29 is 9.59 Å². The molecule has 2 heterocycles. The largest absolute Gasteiger partial charge is 0.341 e. The Morgan fingerprint density at radius 2 is 1.70 bits per heavy atom. The lowest BCUT2D eigenvalue weighted by molar-refractivity contribution is -0.146. The molecule has 27 heavy (non-hydrogen) atoms. The van der Waals surface area contributed by atoms with Gasteiger partial charge in [0.25, 0.3) is 0 Å². The summed E-state index contributed by atoms with van der Waals surface area (Å²) in [4.78, 5) is 30.2. The Morgan fingerprint density at radius 3 is 2.33 bits per heavy atom. The quantitative estimate of drug-likeness (QED) is 0.785. The van der Waals surface area contributed by atoms with Crippen LogP contribution in [0.4, 0.5) is 0 Å². The average molecular weight is 371 g/mol. The highest BCUT2D eigenvalue weighted by molar-refractivity contribution is 5.88. The van der Waals surface area contributed by atoms with Crippen molar-refractivity contribution in [3.05, 3.63) is 35.9 Å². The van der Waals surface area contributed by atoms with Crippen LogP contribution in [0.15, 0.2) is 30.3 Å². The number of rotatable bonds is 5. The zero-order chi connectivity index (χ0) is 19.4. The van der Waals surface area contributed by atoms with Crippen molar-refractivity contribution in [1.29, 1.82) is 0 Å². The SMILES string of the molecule is CC(C)(C)[C@H]1CC[C@@H](C(=O)N2CCCC2)N1C(=O)CCCc1ccccc1. The molecule has 2 fully saturated rings. The summed E-state index contributed by atoms with van der Waals surface area (Å²) in [5.41, 5.74) is 1.26. The maximum absolute atomic E-state index is 13.2. The Balaban J connectivity index is 1.67. The number of benzene rings is 1. The van der Waals surface area contributed by atoms with Crippen molar-refractivity contribution in [2.75, 3.05) is 13.1 Å². The first kappa shape index (κ1) is 19.9. The molecule has 0 radical (unpaired) electrons. The van der Waals surface area contributed by atoms with Gasteiger partial charge in [0, 0.05) is 25.6 Å². The monoisotopic (exact) mass is 370 g/mol. The minimum absolute atomic E-state index is 0.00483. The van der Waals surface area contributed by atoms with Gasteiger partial charge >= 0.3 is 0 Å². The van der Waals surface area contributed by atoms with Crippen LogP contribution in [0.1, 0.15) is 64.9 Å². The summed E-state index contributed by atoms with van der Waals surface area (Å²) in [6.07, 6.45) is 6.18. The van der Waals surface area contributed by atoms with Gasteiger partial charge in [0.1, 0.15) is 6.04 Å². The van der Waals surface area contributed by atoms with Crippen molar-refractivity contribution in [2.45, 2.75) is 77.8 Å². The lowest BCUT2D eigenvalue weighted by Crippen LogP contribution is -2.52. The Hall–Kier alpha value is -1.84. The molecule has 4 nitrogen and oxygen atoms in total. The van der Waals surface area contributed by atoms with Crippen LogP contribution in [0.2, 0.25) is 0 Å². The van der Waals surface area contributed by atoms with E-state index in [0.29, 0.717) is 6.42 Å². The summed E-state index contributed by atoms with van der Waals surface area (Å²) in [7, 11) is 0. The predicted molar refractivity (Wildman–Crippen MR) is 108 cm³/mol. The predicted octanol–water partition coefficient (Wildman–Crippen LogP) is 4.04. The fourth-order valence-electron chi connectivity index (χ4n) is 4.62. The second-order valence-electron chi connectivity index (χ2n) is 9.15. The van der Waals surface area contributed by atoms with Gasteiger partial charge < -0.3 is 9.80 Å². The molecule has 2 aliphatic heterocycles. The topological polar surface area (TPSA) is 40.6 Å². The molecular formula is C23H34N2O2. The first-order valence-corrected chi connectivity index (χ1v) is 10.5. The van der Waals surface area contributed by atoms with Crippen LogP contribution < -0.4 is 0 Å². The Bertz CT molecular complexity index is 644. The smallest absolute Gasteiger partial charge is 0.245 e. The molecule has 1 aromatic rings. The van der Waals surface area contributed by atoms with E-state index in [0.717, 1.165) is 51.6 Å². The van der Waals surface area contributed by atoms with Crippen LogP contribution in [0.25, 0.3) is 0 Å². The first-order chi connectivity index (χ1) is 12.9. The number of hydrogen-bond donors (Lipinski definition) is 0. The number of carbonyl (C=O) groups excluding carboxylic acids is 2. The van der Waals surface area contributed by atoms with Gasteiger partial charge in [-0.3, -0.25) is 9.59 Å². The van der Waals surface area contributed by atoms with Crippen LogP contribution >= 0.6 is 0 Å². The number of likely N-dealkylation sites (tertiary alicyclic amines) is 2. The zero-order valence-corrected chi connectivity index (χ0v) is 17.1. The first-order valence-electron chi connectivity index (χ1n) is 10.5. The van der Waals surface area contributed by atoms with Crippen LogP contribution in [0.3, 0.4) is 0 Å². The molecule has 0 saturated carbocycles. The van der Waals surface area contributed by atoms with E-state index in [1.165, 1.54) is 5.56 Å². The minimum atomic E-state index is -0.253. The molecule has 0 spiro atoms. The molecule has 0 bridgehead atoms. The Kier molecular flexibility index (Phi) is 6.23. The molecule has 2 aliphatic rings. The second-order valence-corrected chi connectivity index (χ2v) is 9.15. The Labute approximate surface area is 163 Å². The summed E-state index contributed by atoms with van der Waals surface area (Å²) >= 11 is 0. The number of amides is 2. The minimum Gasteiger partial charge on any atom is -0.341 e. The standard InChI is InChI=1S/C23H34N2O2/c1-23(2,3)20-15-14-19(22(27)24-16-7-8-17-24)25(20)21(26)13-9-12-18-10-5-4-6-11-18/h4-6,10-11,19-20H,7-9,12-17H2,1-3H3/t19-,20+/m0/s1. The number of aryl methyl sites for hydroxylation is 1. The maximum Gasteiger partial charge on any atom is 0.245 e. The molecule has 1 aromatic carbocycles. The van der Waals surface area contributed by atoms with E-state index in [-0.39, 0.29) is 29.3 Å². The normalized spacial score (nSPS) is 23.1. The summed E-state index contributed by atoms with van der Waals surface area (Å²) in [6.45, 7) is 8.26. The van der Waals surface area contributed by atoms with Gasteiger partial charge in [-0.15, -0.1) is 0 Å². The third kappa shape index (κ3) is 4.72. The molecule has 4 heteroatoms. The van der Waals surface area contributed by atoms with Crippen LogP contribution in [-0.4, -0.2) is 46.8 Å². The van der Waals surface area contributed by atoms with Gasteiger partial charge in [-0.05, 0) is 49.5 Å². The second kappa shape index (κ2) is 8.45. The highest BCUT2D eigenvalue weighted by atomic mass is 16.2. The van der Waals surface area contributed by atoms with Gasteiger partial charge in [-0.1, -0.05) is 51.1 Å². The molecule has 0 N–H and O–H groups in total. The lowest BCUT2D eigenvalue weighted by atomic mass is 9.85. The summed E-state index contributed by atoms with van der Waals surface area (Å²) in [5, 5.41) is 0. The third-order valence-electron chi connectivity index (χ3n) is 6.07. The van der Waals surface area contributed by atoms with Crippen LogP contribution in [0, 0.1) is 5.41 Å². The van der Waals surface area contributed by atoms with Gasteiger partial charge in [0.15, 0.2) is 0 Å².